The van der Waals surface area contributed by atoms with Gasteiger partial charge >= 0.3 is 0 Å². The predicted octanol–water partition coefficient (Wildman–Crippen LogP) is 4.16. The van der Waals surface area contributed by atoms with Crippen LogP contribution in [-0.2, 0) is 10.0 Å². The van der Waals surface area contributed by atoms with Crippen LogP contribution in [0, 0.1) is 0 Å². The van der Waals surface area contributed by atoms with E-state index in [9.17, 15) is 8.42 Å². The van der Waals surface area contributed by atoms with Gasteiger partial charge in [-0.3, -0.25) is 4.72 Å². The van der Waals surface area contributed by atoms with Crippen LogP contribution in [0.25, 0.3) is 22.0 Å². The number of rotatable bonds is 6. The number of anilines is 4. The number of nitrogens with zero attached hydrogens (tertiary/aromatic N) is 4. The molecular formula is C26H28N6O2S. The molecule has 1 saturated heterocycles. The molecule has 2 N–H and O–H groups in total. The first-order chi connectivity index (χ1) is 16.8. The van der Waals surface area contributed by atoms with Crippen LogP contribution in [-0.4, -0.2) is 62.8 Å². The molecule has 0 saturated carbocycles. The average Bonchev–Trinajstić information content (AvgIpc) is 2.84. The molecule has 0 radical (unpaired) electrons. The number of aromatic nitrogens is 2. The van der Waals surface area contributed by atoms with Crippen molar-refractivity contribution in [2.75, 3.05) is 54.4 Å². The molecule has 1 aliphatic rings. The Bertz CT molecular complexity index is 1450. The molecule has 2 heterocycles. The Balaban J connectivity index is 1.41. The zero-order chi connectivity index (χ0) is 24.4. The fraction of sp³-hybridized carbons (Fsp3) is 0.231. The van der Waals surface area contributed by atoms with Crippen LogP contribution in [0.15, 0.2) is 72.9 Å². The first-order valence-corrected chi connectivity index (χ1v) is 13.4. The standard InChI is InChI=1S/C26H28N6O2S/c1-31-13-15-32(16-14-31)23-7-4-6-22(17-23)28-26-27-18-20-5-3-8-24(25(20)29-26)19-9-11-21(12-10-19)30-35(2,33)34/h3-12,17-18,30H,13-16H2,1-2H3,(H,27,28,29). The van der Waals surface area contributed by atoms with E-state index >= 15 is 0 Å². The highest BCUT2D eigenvalue weighted by atomic mass is 32.2. The second-order valence-electron chi connectivity index (χ2n) is 8.85. The molecule has 5 rings (SSSR count). The van der Waals surface area contributed by atoms with Crippen molar-refractivity contribution in [1.29, 1.82) is 0 Å². The van der Waals surface area contributed by atoms with Gasteiger partial charge in [-0.05, 0) is 42.9 Å². The summed E-state index contributed by atoms with van der Waals surface area (Å²) in [6.45, 7) is 4.13. The lowest BCUT2D eigenvalue weighted by Crippen LogP contribution is -2.44. The molecule has 1 aliphatic heterocycles. The van der Waals surface area contributed by atoms with Crippen LogP contribution >= 0.6 is 0 Å². The van der Waals surface area contributed by atoms with Crippen LogP contribution in [0.3, 0.4) is 0 Å². The maximum Gasteiger partial charge on any atom is 0.229 e. The fourth-order valence-corrected chi connectivity index (χ4v) is 4.82. The van der Waals surface area contributed by atoms with Gasteiger partial charge in [0, 0.05) is 60.4 Å². The van der Waals surface area contributed by atoms with Crippen molar-refractivity contribution in [3.05, 3.63) is 72.9 Å². The molecule has 180 valence electrons. The summed E-state index contributed by atoms with van der Waals surface area (Å²) >= 11 is 0. The molecule has 9 heteroatoms. The largest absolute Gasteiger partial charge is 0.369 e. The van der Waals surface area contributed by atoms with Gasteiger partial charge in [-0.1, -0.05) is 36.4 Å². The fourth-order valence-electron chi connectivity index (χ4n) is 4.25. The zero-order valence-corrected chi connectivity index (χ0v) is 20.6. The smallest absolute Gasteiger partial charge is 0.229 e. The second-order valence-corrected chi connectivity index (χ2v) is 10.6. The van der Waals surface area contributed by atoms with E-state index in [0.717, 1.165) is 60.2 Å². The van der Waals surface area contributed by atoms with Crippen molar-refractivity contribution in [2.45, 2.75) is 0 Å². The lowest BCUT2D eigenvalue weighted by atomic mass is 10.0. The average molecular weight is 489 g/mol. The Morgan fingerprint density at radius 3 is 2.37 bits per heavy atom. The number of hydrogen-bond donors (Lipinski definition) is 2. The third kappa shape index (κ3) is 5.52. The summed E-state index contributed by atoms with van der Waals surface area (Å²) in [6.07, 6.45) is 2.95. The van der Waals surface area contributed by atoms with E-state index in [4.69, 9.17) is 4.98 Å². The molecular weight excluding hydrogens is 460 g/mol. The number of piperazine rings is 1. The minimum absolute atomic E-state index is 0.522. The van der Waals surface area contributed by atoms with Crippen LogP contribution < -0.4 is 14.9 Å². The minimum atomic E-state index is -3.32. The highest BCUT2D eigenvalue weighted by Gasteiger charge is 2.15. The van der Waals surface area contributed by atoms with Gasteiger partial charge in [0.05, 0.1) is 11.8 Å². The normalized spacial score (nSPS) is 14.7. The maximum absolute atomic E-state index is 11.5. The van der Waals surface area contributed by atoms with Gasteiger partial charge in [0.2, 0.25) is 16.0 Å². The maximum atomic E-state index is 11.5. The van der Waals surface area contributed by atoms with Crippen molar-refractivity contribution < 1.29 is 8.42 Å². The number of sulfonamides is 1. The molecule has 0 unspecified atom stereocenters. The highest BCUT2D eigenvalue weighted by Crippen LogP contribution is 2.30. The van der Waals surface area contributed by atoms with E-state index in [1.54, 1.807) is 12.1 Å². The number of hydrogen-bond acceptors (Lipinski definition) is 7. The summed E-state index contributed by atoms with van der Waals surface area (Å²) in [7, 11) is -1.17. The summed E-state index contributed by atoms with van der Waals surface area (Å²) in [6, 6.07) is 21.6. The molecule has 0 amide bonds. The van der Waals surface area contributed by atoms with Crippen LogP contribution in [0.5, 0.6) is 0 Å². The summed E-state index contributed by atoms with van der Waals surface area (Å²) in [5, 5.41) is 4.29. The third-order valence-corrected chi connectivity index (χ3v) is 6.69. The van der Waals surface area contributed by atoms with E-state index < -0.39 is 10.0 Å². The molecule has 0 spiro atoms. The Kier molecular flexibility index (Phi) is 6.27. The molecule has 1 aromatic heterocycles. The molecule has 8 nitrogen and oxygen atoms in total. The molecule has 35 heavy (non-hydrogen) atoms. The Morgan fingerprint density at radius 2 is 1.63 bits per heavy atom. The van der Waals surface area contributed by atoms with Gasteiger partial charge in [-0.15, -0.1) is 0 Å². The highest BCUT2D eigenvalue weighted by molar-refractivity contribution is 7.92. The third-order valence-electron chi connectivity index (χ3n) is 6.08. The first-order valence-electron chi connectivity index (χ1n) is 11.5. The Hall–Kier alpha value is -3.69. The zero-order valence-electron chi connectivity index (χ0n) is 19.8. The van der Waals surface area contributed by atoms with Gasteiger partial charge < -0.3 is 15.1 Å². The van der Waals surface area contributed by atoms with Gasteiger partial charge in [0.25, 0.3) is 0 Å². The SMILES string of the molecule is CN1CCN(c2cccc(Nc3ncc4cccc(-c5ccc(NS(C)(=O)=O)cc5)c4n3)c2)CC1. The number of para-hydroxylation sites is 1. The topological polar surface area (TPSA) is 90.5 Å². The Labute approximate surface area is 205 Å². The molecule has 0 atom stereocenters. The molecule has 3 aromatic carbocycles. The lowest BCUT2D eigenvalue weighted by Gasteiger charge is -2.34. The van der Waals surface area contributed by atoms with E-state index in [1.807, 2.05) is 42.6 Å². The molecule has 0 aliphatic carbocycles. The monoisotopic (exact) mass is 488 g/mol. The van der Waals surface area contributed by atoms with Crippen molar-refractivity contribution in [3.63, 3.8) is 0 Å². The summed E-state index contributed by atoms with van der Waals surface area (Å²) in [4.78, 5) is 14.1. The number of fused-ring (bicyclic) bond motifs is 1. The number of likely N-dealkylation sites (N-methyl/N-ethyl adjacent to an activating group) is 1. The van der Waals surface area contributed by atoms with Crippen molar-refractivity contribution in [1.82, 2.24) is 14.9 Å². The first kappa shape index (κ1) is 23.1. The van der Waals surface area contributed by atoms with Crippen molar-refractivity contribution in [3.8, 4) is 11.1 Å². The van der Waals surface area contributed by atoms with Gasteiger partial charge in [0.1, 0.15) is 0 Å². The van der Waals surface area contributed by atoms with Gasteiger partial charge in [-0.25, -0.2) is 18.4 Å². The molecule has 4 aromatic rings. The van der Waals surface area contributed by atoms with Crippen LogP contribution in [0.4, 0.5) is 23.0 Å². The summed E-state index contributed by atoms with van der Waals surface area (Å²) in [5.74, 6) is 0.524. The number of nitrogens with one attached hydrogen (secondary N) is 2. The molecule has 1 fully saturated rings. The number of benzene rings is 3. The van der Waals surface area contributed by atoms with Crippen LogP contribution in [0.1, 0.15) is 0 Å². The molecule has 0 bridgehead atoms. The van der Waals surface area contributed by atoms with Gasteiger partial charge in [0.15, 0.2) is 0 Å². The quantitative estimate of drug-likeness (QED) is 0.421. The van der Waals surface area contributed by atoms with Crippen molar-refractivity contribution in [2.24, 2.45) is 0 Å². The lowest BCUT2D eigenvalue weighted by molar-refractivity contribution is 0.313. The van der Waals surface area contributed by atoms with E-state index in [0.29, 0.717) is 11.6 Å². The summed E-state index contributed by atoms with van der Waals surface area (Å²) in [5.41, 5.74) is 5.36. The van der Waals surface area contributed by atoms with E-state index in [1.165, 1.54) is 5.69 Å². The van der Waals surface area contributed by atoms with Crippen molar-refractivity contribution >= 4 is 43.9 Å². The minimum Gasteiger partial charge on any atom is -0.369 e. The van der Waals surface area contributed by atoms with E-state index in [2.05, 4.69) is 50.1 Å². The van der Waals surface area contributed by atoms with E-state index in [-0.39, 0.29) is 0 Å². The van der Waals surface area contributed by atoms with Crippen LogP contribution in [0.2, 0.25) is 0 Å². The summed E-state index contributed by atoms with van der Waals surface area (Å²) < 4.78 is 25.5. The second kappa shape index (κ2) is 9.52. The Morgan fingerprint density at radius 1 is 0.886 bits per heavy atom. The van der Waals surface area contributed by atoms with Gasteiger partial charge in [-0.2, -0.15) is 0 Å². The predicted molar refractivity (Wildman–Crippen MR) is 143 cm³/mol.